The van der Waals surface area contributed by atoms with Crippen LogP contribution in [0, 0.1) is 5.92 Å². The zero-order chi connectivity index (χ0) is 43.3. The first-order chi connectivity index (χ1) is 29.9. The van der Waals surface area contributed by atoms with Crippen LogP contribution in [0.4, 0.5) is 28.4 Å². The molecule has 4 atom stereocenters. The molecule has 4 aliphatic heterocycles. The minimum Gasteiger partial charge on any atom is -0.432 e. The highest BCUT2D eigenvalue weighted by atomic mass is 28.4. The lowest BCUT2D eigenvalue weighted by molar-refractivity contribution is -0.150. The molecule has 0 saturated carbocycles. The Balaban J connectivity index is 1.10. The molecule has 5 aromatic rings. The first kappa shape index (κ1) is 41.4. The normalized spacial score (nSPS) is 21.9. The summed E-state index contributed by atoms with van der Waals surface area (Å²) >= 11 is 0. The van der Waals surface area contributed by atoms with E-state index in [-0.39, 0.29) is 49.7 Å². The number of aliphatic hydroxyl groups is 1. The third kappa shape index (κ3) is 7.24. The van der Waals surface area contributed by atoms with E-state index in [1.807, 2.05) is 141 Å². The Labute approximate surface area is 363 Å². The molecule has 0 aromatic heterocycles. The van der Waals surface area contributed by atoms with Crippen LogP contribution in [0.25, 0.3) is 0 Å². The molecule has 1 fully saturated rings. The molecule has 318 valence electrons. The number of ether oxygens (including phenoxy) is 1. The van der Waals surface area contributed by atoms with Crippen LogP contribution < -0.4 is 14.7 Å². The van der Waals surface area contributed by atoms with E-state index >= 15 is 4.79 Å². The lowest BCUT2D eigenvalue weighted by Gasteiger charge is -2.33. The van der Waals surface area contributed by atoms with Gasteiger partial charge < -0.3 is 24.4 Å². The summed E-state index contributed by atoms with van der Waals surface area (Å²) in [7, 11) is -3.16. The number of anilines is 5. The van der Waals surface area contributed by atoms with E-state index < -0.39 is 31.5 Å². The number of carbonyl (C=O) groups excluding carboxylic acids is 4. The molecule has 0 unspecified atom stereocenters. The Kier molecular flexibility index (Phi) is 11.0. The molecule has 5 aromatic carbocycles. The van der Waals surface area contributed by atoms with Crippen LogP contribution in [-0.4, -0.2) is 66.0 Å². The smallest absolute Gasteiger partial charge is 0.264 e. The quantitative estimate of drug-likeness (QED) is 0.131. The first-order valence-corrected chi connectivity index (χ1v) is 24.6. The molecule has 9 rings (SSSR count). The SMILES string of the molecule is C[C@H]1[C@H]([Si](C)(C)O)[C@@H](CC(=O)N(CCO)Cc2ccccc2)O[C@]12C(=O)N(Cc1ccc(N3C(=O)CCc4ccccc43)cc1)c1ccc(N3C(=O)CCc4ccccc43)cc12. The highest BCUT2D eigenvalue weighted by Crippen LogP contribution is 2.60. The molecule has 2 N–H and O–H groups in total. The molecule has 12 heteroatoms. The van der Waals surface area contributed by atoms with Crippen molar-refractivity contribution >= 4 is 60.4 Å². The van der Waals surface area contributed by atoms with Crippen molar-refractivity contribution in [2.75, 3.05) is 27.9 Å². The second-order valence-electron chi connectivity index (χ2n) is 17.6. The van der Waals surface area contributed by atoms with E-state index in [0.717, 1.165) is 39.3 Å². The van der Waals surface area contributed by atoms with Crippen molar-refractivity contribution in [2.45, 2.75) is 82.5 Å². The van der Waals surface area contributed by atoms with Gasteiger partial charge in [-0.3, -0.25) is 29.0 Å². The Morgan fingerprint density at radius 2 is 1.32 bits per heavy atom. The van der Waals surface area contributed by atoms with Gasteiger partial charge in [0.2, 0.25) is 17.7 Å². The lowest BCUT2D eigenvalue weighted by atomic mass is 9.82. The molecule has 62 heavy (non-hydrogen) atoms. The van der Waals surface area contributed by atoms with Gasteiger partial charge in [-0.1, -0.05) is 85.8 Å². The number of aliphatic hydroxyl groups excluding tert-OH is 1. The minimum absolute atomic E-state index is 0.0255. The molecule has 4 heterocycles. The summed E-state index contributed by atoms with van der Waals surface area (Å²) in [4.78, 5) is 75.6. The van der Waals surface area contributed by atoms with Gasteiger partial charge in [-0.25, -0.2) is 0 Å². The average molecular weight is 849 g/mol. The van der Waals surface area contributed by atoms with Crippen LogP contribution in [0.1, 0.15) is 54.0 Å². The number of fused-ring (bicyclic) bond motifs is 4. The van der Waals surface area contributed by atoms with Crippen LogP contribution >= 0.6 is 0 Å². The molecule has 0 radical (unpaired) electrons. The Morgan fingerprint density at radius 1 is 0.742 bits per heavy atom. The van der Waals surface area contributed by atoms with Gasteiger partial charge in [-0.15, -0.1) is 0 Å². The van der Waals surface area contributed by atoms with Crippen LogP contribution in [0.5, 0.6) is 0 Å². The number of aryl methyl sites for hydroxylation is 2. The van der Waals surface area contributed by atoms with Gasteiger partial charge in [0.25, 0.3) is 5.91 Å². The van der Waals surface area contributed by atoms with Crippen molar-refractivity contribution in [3.8, 4) is 0 Å². The number of para-hydroxylation sites is 2. The summed E-state index contributed by atoms with van der Waals surface area (Å²) in [6.45, 7) is 5.97. The van der Waals surface area contributed by atoms with E-state index in [9.17, 15) is 24.3 Å². The number of hydrogen-bond donors (Lipinski definition) is 2. The Bertz CT molecular complexity index is 2540. The zero-order valence-corrected chi connectivity index (χ0v) is 36.4. The van der Waals surface area contributed by atoms with E-state index in [4.69, 9.17) is 4.74 Å². The summed E-state index contributed by atoms with van der Waals surface area (Å²) in [6.07, 6.45) is 1.18. The van der Waals surface area contributed by atoms with Gasteiger partial charge in [0.05, 0.1) is 42.7 Å². The van der Waals surface area contributed by atoms with Crippen LogP contribution in [0.2, 0.25) is 18.6 Å². The summed E-state index contributed by atoms with van der Waals surface area (Å²) in [5.41, 5.74) is 6.03. The van der Waals surface area contributed by atoms with Gasteiger partial charge in [-0.2, -0.15) is 0 Å². The van der Waals surface area contributed by atoms with Crippen LogP contribution in [0.3, 0.4) is 0 Å². The van der Waals surface area contributed by atoms with Gasteiger partial charge in [0.1, 0.15) is 0 Å². The van der Waals surface area contributed by atoms with Crippen molar-refractivity contribution in [3.05, 3.63) is 149 Å². The van der Waals surface area contributed by atoms with E-state index in [1.54, 1.807) is 19.6 Å². The fraction of sp³-hybridized carbons (Fsp3) is 0.320. The van der Waals surface area contributed by atoms with Crippen molar-refractivity contribution in [1.29, 1.82) is 0 Å². The van der Waals surface area contributed by atoms with Gasteiger partial charge >= 0.3 is 0 Å². The second kappa shape index (κ2) is 16.4. The molecule has 1 spiro atoms. The zero-order valence-electron chi connectivity index (χ0n) is 35.4. The molecule has 11 nitrogen and oxygen atoms in total. The number of benzene rings is 5. The molecular weight excluding hydrogens is 797 g/mol. The van der Waals surface area contributed by atoms with Crippen LogP contribution in [0.15, 0.2) is 121 Å². The van der Waals surface area contributed by atoms with E-state index in [1.165, 1.54) is 0 Å². The monoisotopic (exact) mass is 848 g/mol. The van der Waals surface area contributed by atoms with Gasteiger partial charge in [0, 0.05) is 54.3 Å². The van der Waals surface area contributed by atoms with Crippen molar-refractivity contribution in [1.82, 2.24) is 4.90 Å². The third-order valence-corrected chi connectivity index (χ3v) is 15.8. The number of amides is 4. The summed E-state index contributed by atoms with van der Waals surface area (Å²) in [5.74, 6) is -1.14. The lowest BCUT2D eigenvalue weighted by Crippen LogP contribution is -2.46. The fourth-order valence-corrected chi connectivity index (χ4v) is 13.0. The Hall–Kier alpha value is -5.92. The van der Waals surface area contributed by atoms with E-state index in [0.29, 0.717) is 49.2 Å². The molecule has 0 aliphatic carbocycles. The molecule has 0 bridgehead atoms. The number of hydrogen-bond acceptors (Lipinski definition) is 7. The predicted molar refractivity (Wildman–Crippen MR) is 241 cm³/mol. The number of carbonyl (C=O) groups is 4. The maximum absolute atomic E-state index is 15.5. The minimum atomic E-state index is -3.16. The molecule has 1 saturated heterocycles. The first-order valence-electron chi connectivity index (χ1n) is 21.6. The largest absolute Gasteiger partial charge is 0.432 e. The Morgan fingerprint density at radius 3 is 1.94 bits per heavy atom. The van der Waals surface area contributed by atoms with Gasteiger partial charge in [0.15, 0.2) is 13.9 Å². The number of rotatable bonds is 11. The summed E-state index contributed by atoms with van der Waals surface area (Å²) in [6, 6.07) is 38.7. The number of nitrogens with zero attached hydrogens (tertiary/aromatic N) is 4. The van der Waals surface area contributed by atoms with E-state index in [2.05, 4.69) is 0 Å². The summed E-state index contributed by atoms with van der Waals surface area (Å²) in [5, 5.41) is 10.0. The highest BCUT2D eigenvalue weighted by Gasteiger charge is 2.66. The standard InChI is InChI=1S/C50H52N4O7Si/c1-33-48(62(2,3)60)44(30-47(58)51(27-28-55)31-34-11-5-4-6-12-34)61-50(33)40-29-39(54-42-16-10-8-14-37(42)20-26-46(54)57)23-24-43(40)52(49(50)59)32-35-17-21-38(22-18-35)53-41-15-9-7-13-36(41)19-25-45(53)56/h4-18,21-24,29,33,44,48,55,60H,19-20,25-28,30-32H2,1-3H3/t33-,44+,48-,50+/m0/s1. The summed E-state index contributed by atoms with van der Waals surface area (Å²) < 4.78 is 7.13. The predicted octanol–water partition coefficient (Wildman–Crippen LogP) is 7.66. The van der Waals surface area contributed by atoms with Crippen molar-refractivity contribution in [2.24, 2.45) is 5.92 Å². The maximum Gasteiger partial charge on any atom is 0.264 e. The van der Waals surface area contributed by atoms with Crippen molar-refractivity contribution in [3.63, 3.8) is 0 Å². The topological polar surface area (TPSA) is 131 Å². The van der Waals surface area contributed by atoms with Crippen molar-refractivity contribution < 1.29 is 33.8 Å². The molecular formula is C50H52N4O7Si. The van der Waals surface area contributed by atoms with Crippen LogP contribution in [-0.2, 0) is 55.4 Å². The third-order valence-electron chi connectivity index (χ3n) is 13.3. The second-order valence-corrected chi connectivity index (χ2v) is 21.5. The van der Waals surface area contributed by atoms with Gasteiger partial charge in [-0.05, 0) is 90.7 Å². The fourth-order valence-electron chi connectivity index (χ4n) is 10.4. The maximum atomic E-state index is 15.5. The average Bonchev–Trinajstić information content (AvgIpc) is 3.69. The molecule has 4 amide bonds. The molecule has 4 aliphatic rings. The highest BCUT2D eigenvalue weighted by molar-refractivity contribution is 6.71.